The zero-order valence-electron chi connectivity index (χ0n) is 14.9. The van der Waals surface area contributed by atoms with Gasteiger partial charge in [-0.25, -0.2) is 0 Å². The molecule has 2 atom stereocenters. The third kappa shape index (κ3) is 2.77. The molecule has 3 fully saturated rings. The zero-order chi connectivity index (χ0) is 16.9. The molecule has 1 amide bonds. The Morgan fingerprint density at radius 1 is 1.21 bits per heavy atom. The van der Waals surface area contributed by atoms with Crippen LogP contribution in [-0.2, 0) is 4.79 Å². The Morgan fingerprint density at radius 3 is 2.50 bits per heavy atom. The highest BCUT2D eigenvalue weighted by atomic mass is 16.3. The quantitative estimate of drug-likeness (QED) is 0.922. The summed E-state index contributed by atoms with van der Waals surface area (Å²) in [6.45, 7) is 6.09. The normalized spacial score (nSPS) is 35.4. The van der Waals surface area contributed by atoms with E-state index in [1.54, 1.807) is 0 Å². The van der Waals surface area contributed by atoms with Gasteiger partial charge in [0.1, 0.15) is 0 Å². The lowest BCUT2D eigenvalue weighted by atomic mass is 9.69. The Balaban J connectivity index is 1.31. The van der Waals surface area contributed by atoms with E-state index in [-0.39, 0.29) is 11.8 Å². The first-order chi connectivity index (χ1) is 11.4. The standard InChI is InChI=1S/C21H29NO2/c1-15(16-6-4-3-5-7-16)17-8-9-21(12-17)13-22(14-21)19(23)18-10-20(2,24)11-18/h3-7,15,17-18,24H,8-14H2,1-2H3/t15-,17+,18?,20?/m1/s1. The number of likely N-dealkylation sites (tertiary alicyclic amines) is 1. The van der Waals surface area contributed by atoms with Crippen LogP contribution in [0.1, 0.15) is 57.4 Å². The highest BCUT2D eigenvalue weighted by Crippen LogP contribution is 2.53. The second kappa shape index (κ2) is 5.59. The van der Waals surface area contributed by atoms with Gasteiger partial charge in [-0.3, -0.25) is 4.79 Å². The summed E-state index contributed by atoms with van der Waals surface area (Å²) >= 11 is 0. The summed E-state index contributed by atoms with van der Waals surface area (Å²) in [7, 11) is 0. The summed E-state index contributed by atoms with van der Waals surface area (Å²) in [6, 6.07) is 10.8. The van der Waals surface area contributed by atoms with Crippen LogP contribution >= 0.6 is 0 Å². The van der Waals surface area contributed by atoms with Crippen LogP contribution < -0.4 is 0 Å². The molecule has 3 nitrogen and oxygen atoms in total. The third-order valence-corrected chi connectivity index (χ3v) is 6.86. The molecule has 24 heavy (non-hydrogen) atoms. The fourth-order valence-corrected chi connectivity index (χ4v) is 5.35. The second-order valence-corrected chi connectivity index (χ2v) is 9.00. The summed E-state index contributed by atoms with van der Waals surface area (Å²) in [5, 5.41) is 9.84. The lowest BCUT2D eigenvalue weighted by molar-refractivity contribution is -0.161. The van der Waals surface area contributed by atoms with E-state index in [2.05, 4.69) is 42.2 Å². The SMILES string of the molecule is C[C@H](c1ccccc1)[C@H]1CCC2(C1)CN(C(=O)C1CC(C)(O)C1)C2. The Kier molecular flexibility index (Phi) is 3.76. The molecular formula is C21H29NO2. The van der Waals surface area contributed by atoms with Crippen molar-refractivity contribution in [3.8, 4) is 0 Å². The van der Waals surface area contributed by atoms with Crippen LogP contribution in [0.3, 0.4) is 0 Å². The number of aliphatic hydroxyl groups is 1. The largest absolute Gasteiger partial charge is 0.390 e. The first kappa shape index (κ1) is 16.1. The smallest absolute Gasteiger partial charge is 0.225 e. The van der Waals surface area contributed by atoms with Crippen LogP contribution in [-0.4, -0.2) is 34.6 Å². The molecule has 1 aromatic rings. The Morgan fingerprint density at radius 2 is 1.88 bits per heavy atom. The lowest BCUT2D eigenvalue weighted by Crippen LogP contribution is -2.61. The van der Waals surface area contributed by atoms with Crippen molar-refractivity contribution in [2.45, 2.75) is 57.5 Å². The Bertz CT molecular complexity index is 610. The van der Waals surface area contributed by atoms with Crippen LogP contribution in [0.15, 0.2) is 30.3 Å². The minimum absolute atomic E-state index is 0.0674. The van der Waals surface area contributed by atoms with Crippen molar-refractivity contribution in [1.82, 2.24) is 4.90 Å². The van der Waals surface area contributed by atoms with Gasteiger partial charge in [0.2, 0.25) is 5.91 Å². The van der Waals surface area contributed by atoms with Gasteiger partial charge in [-0.1, -0.05) is 37.3 Å². The first-order valence-corrected chi connectivity index (χ1v) is 9.44. The molecule has 0 radical (unpaired) electrons. The zero-order valence-corrected chi connectivity index (χ0v) is 14.9. The van der Waals surface area contributed by atoms with Gasteiger partial charge >= 0.3 is 0 Å². The number of nitrogens with zero attached hydrogens (tertiary/aromatic N) is 1. The van der Waals surface area contributed by atoms with Gasteiger partial charge < -0.3 is 10.0 Å². The van der Waals surface area contributed by atoms with Crippen molar-refractivity contribution in [2.75, 3.05) is 13.1 Å². The molecule has 2 saturated carbocycles. The molecule has 130 valence electrons. The monoisotopic (exact) mass is 327 g/mol. The lowest BCUT2D eigenvalue weighted by Gasteiger charge is -2.52. The van der Waals surface area contributed by atoms with Crippen LogP contribution in [0.5, 0.6) is 0 Å². The molecule has 2 aliphatic carbocycles. The van der Waals surface area contributed by atoms with Crippen LogP contribution in [0, 0.1) is 17.3 Å². The third-order valence-electron chi connectivity index (χ3n) is 6.86. The minimum Gasteiger partial charge on any atom is -0.390 e. The average Bonchev–Trinajstić information content (AvgIpc) is 2.96. The van der Waals surface area contributed by atoms with Gasteiger partial charge in [-0.2, -0.15) is 0 Å². The summed E-state index contributed by atoms with van der Waals surface area (Å²) in [6.07, 6.45) is 5.10. The van der Waals surface area contributed by atoms with Gasteiger partial charge in [0.05, 0.1) is 5.60 Å². The van der Waals surface area contributed by atoms with Crippen LogP contribution in [0.25, 0.3) is 0 Å². The highest BCUT2D eigenvalue weighted by Gasteiger charge is 2.53. The number of rotatable bonds is 3. The van der Waals surface area contributed by atoms with Gasteiger partial charge in [0.15, 0.2) is 0 Å². The number of hydrogen-bond acceptors (Lipinski definition) is 2. The topological polar surface area (TPSA) is 40.5 Å². The number of amides is 1. The van der Waals surface area contributed by atoms with E-state index < -0.39 is 5.60 Å². The maximum absolute atomic E-state index is 12.5. The van der Waals surface area contributed by atoms with E-state index in [0.29, 0.717) is 24.2 Å². The van der Waals surface area contributed by atoms with Gasteiger partial charge in [-0.05, 0) is 56.4 Å². The van der Waals surface area contributed by atoms with Crippen LogP contribution in [0.4, 0.5) is 0 Å². The summed E-state index contributed by atoms with van der Waals surface area (Å²) in [4.78, 5) is 14.5. The van der Waals surface area contributed by atoms with Crippen LogP contribution in [0.2, 0.25) is 0 Å². The maximum Gasteiger partial charge on any atom is 0.225 e. The van der Waals surface area contributed by atoms with Crippen molar-refractivity contribution in [2.24, 2.45) is 17.3 Å². The fraction of sp³-hybridized carbons (Fsp3) is 0.667. The van der Waals surface area contributed by atoms with Crippen molar-refractivity contribution in [1.29, 1.82) is 0 Å². The highest BCUT2D eigenvalue weighted by molar-refractivity contribution is 5.81. The van der Waals surface area contributed by atoms with E-state index in [4.69, 9.17) is 0 Å². The van der Waals surface area contributed by atoms with Gasteiger partial charge in [0, 0.05) is 24.4 Å². The maximum atomic E-state index is 12.5. The Hall–Kier alpha value is -1.35. The van der Waals surface area contributed by atoms with Gasteiger partial charge in [-0.15, -0.1) is 0 Å². The first-order valence-electron chi connectivity index (χ1n) is 9.44. The fourth-order valence-electron chi connectivity index (χ4n) is 5.35. The predicted octanol–water partition coefficient (Wildman–Crippen LogP) is 3.58. The van der Waals surface area contributed by atoms with Gasteiger partial charge in [0.25, 0.3) is 0 Å². The summed E-state index contributed by atoms with van der Waals surface area (Å²) in [5.74, 6) is 1.70. The summed E-state index contributed by atoms with van der Waals surface area (Å²) < 4.78 is 0. The van der Waals surface area contributed by atoms with E-state index in [1.165, 1.54) is 24.8 Å². The number of benzene rings is 1. The van der Waals surface area contributed by atoms with E-state index in [9.17, 15) is 9.90 Å². The second-order valence-electron chi connectivity index (χ2n) is 9.00. The summed E-state index contributed by atoms with van der Waals surface area (Å²) in [5.41, 5.74) is 1.23. The van der Waals surface area contributed by atoms with Crippen molar-refractivity contribution >= 4 is 5.91 Å². The van der Waals surface area contributed by atoms with E-state index in [1.807, 2.05) is 6.92 Å². The molecule has 1 N–H and O–H groups in total. The molecule has 0 aromatic heterocycles. The molecule has 3 heteroatoms. The van der Waals surface area contributed by atoms with E-state index >= 15 is 0 Å². The molecule has 1 heterocycles. The molecule has 1 aliphatic heterocycles. The molecule has 3 aliphatic rings. The molecule has 4 rings (SSSR count). The molecule has 1 spiro atoms. The number of hydrogen-bond donors (Lipinski definition) is 1. The van der Waals surface area contributed by atoms with Crippen molar-refractivity contribution in [3.05, 3.63) is 35.9 Å². The Labute approximate surface area is 145 Å². The molecule has 0 bridgehead atoms. The molecule has 1 saturated heterocycles. The minimum atomic E-state index is -0.605. The number of carbonyl (C=O) groups excluding carboxylic acids is 1. The number of carbonyl (C=O) groups is 1. The molecular weight excluding hydrogens is 298 g/mol. The molecule has 0 unspecified atom stereocenters. The predicted molar refractivity (Wildman–Crippen MR) is 94.6 cm³/mol. The molecule has 1 aromatic carbocycles. The van der Waals surface area contributed by atoms with Crippen molar-refractivity contribution < 1.29 is 9.90 Å². The van der Waals surface area contributed by atoms with E-state index in [0.717, 1.165) is 19.0 Å². The van der Waals surface area contributed by atoms with Crippen molar-refractivity contribution in [3.63, 3.8) is 0 Å². The average molecular weight is 327 g/mol.